The van der Waals surface area contributed by atoms with Crippen molar-refractivity contribution in [3.8, 4) is 0 Å². The molecule has 0 aliphatic carbocycles. The summed E-state index contributed by atoms with van der Waals surface area (Å²) in [7, 11) is 0. The van der Waals surface area contributed by atoms with Crippen LogP contribution in [0.15, 0.2) is 36.9 Å². The maximum Gasteiger partial charge on any atom is 0.123 e. The van der Waals surface area contributed by atoms with Gasteiger partial charge in [0.25, 0.3) is 0 Å². The maximum atomic E-state index is 13.1. The Balaban J connectivity index is 2.13. The minimum Gasteiger partial charge on any atom is -0.304 e. The van der Waals surface area contributed by atoms with Crippen LogP contribution in [0.1, 0.15) is 30.9 Å². The van der Waals surface area contributed by atoms with Crippen LogP contribution in [0.25, 0.3) is 0 Å². The molecule has 1 heterocycles. The summed E-state index contributed by atoms with van der Waals surface area (Å²) < 4.78 is 13.1. The van der Waals surface area contributed by atoms with Gasteiger partial charge in [-0.05, 0) is 37.0 Å². The number of hydrogen-bond acceptors (Lipinski definition) is 1. The number of hydrogen-bond donors (Lipinski definition) is 1. The molecular formula is C13H16FN. The van der Waals surface area contributed by atoms with Gasteiger partial charge in [0.2, 0.25) is 0 Å². The van der Waals surface area contributed by atoms with Crippen LogP contribution in [0.5, 0.6) is 0 Å². The van der Waals surface area contributed by atoms with Crippen molar-refractivity contribution in [1.29, 1.82) is 0 Å². The smallest absolute Gasteiger partial charge is 0.123 e. The van der Waals surface area contributed by atoms with Crippen LogP contribution in [0, 0.1) is 5.82 Å². The average molecular weight is 205 g/mol. The van der Waals surface area contributed by atoms with Crippen molar-refractivity contribution in [2.45, 2.75) is 31.3 Å². The Labute approximate surface area is 90.0 Å². The molecule has 1 aromatic carbocycles. The first-order valence-electron chi connectivity index (χ1n) is 5.43. The third-order valence-electron chi connectivity index (χ3n) is 2.96. The number of benzene rings is 1. The van der Waals surface area contributed by atoms with Crippen molar-refractivity contribution in [1.82, 2.24) is 5.32 Å². The Bertz CT molecular complexity index is 348. The molecule has 1 fully saturated rings. The second-order valence-corrected chi connectivity index (χ2v) is 4.05. The zero-order valence-electron chi connectivity index (χ0n) is 8.75. The standard InChI is InChI=1S/C13H16FN/c1-2-12-7-4-8-13(15-12)10-5-3-6-11(14)9-10/h2-3,5-6,9,12-13,15H,1,4,7-8H2/t12-,13-/m1/s1. The lowest BCUT2D eigenvalue weighted by atomic mass is 9.93. The van der Waals surface area contributed by atoms with Crippen molar-refractivity contribution >= 4 is 0 Å². The number of piperidine rings is 1. The van der Waals surface area contributed by atoms with E-state index >= 15 is 0 Å². The third kappa shape index (κ3) is 2.45. The molecule has 80 valence electrons. The fraction of sp³-hybridized carbons (Fsp3) is 0.385. The van der Waals surface area contributed by atoms with Gasteiger partial charge in [0.05, 0.1) is 0 Å². The van der Waals surface area contributed by atoms with Crippen LogP contribution in [-0.4, -0.2) is 6.04 Å². The van der Waals surface area contributed by atoms with E-state index in [1.807, 2.05) is 12.1 Å². The van der Waals surface area contributed by atoms with Gasteiger partial charge in [-0.2, -0.15) is 0 Å². The highest BCUT2D eigenvalue weighted by molar-refractivity contribution is 5.21. The fourth-order valence-corrected chi connectivity index (χ4v) is 2.14. The van der Waals surface area contributed by atoms with Crippen molar-refractivity contribution in [2.24, 2.45) is 0 Å². The highest BCUT2D eigenvalue weighted by Gasteiger charge is 2.20. The molecule has 1 saturated heterocycles. The predicted molar refractivity (Wildman–Crippen MR) is 60.1 cm³/mol. The third-order valence-corrected chi connectivity index (χ3v) is 2.96. The fourth-order valence-electron chi connectivity index (χ4n) is 2.14. The van der Waals surface area contributed by atoms with Crippen LogP contribution in [0.2, 0.25) is 0 Å². The molecule has 2 rings (SSSR count). The zero-order chi connectivity index (χ0) is 10.7. The van der Waals surface area contributed by atoms with Gasteiger partial charge in [-0.3, -0.25) is 0 Å². The normalized spacial score (nSPS) is 26.2. The Kier molecular flexibility index (Phi) is 3.17. The van der Waals surface area contributed by atoms with E-state index in [-0.39, 0.29) is 11.9 Å². The molecule has 0 bridgehead atoms. The van der Waals surface area contributed by atoms with Gasteiger partial charge in [0, 0.05) is 12.1 Å². The van der Waals surface area contributed by atoms with E-state index in [0.29, 0.717) is 6.04 Å². The van der Waals surface area contributed by atoms with Crippen molar-refractivity contribution in [2.75, 3.05) is 0 Å². The van der Waals surface area contributed by atoms with E-state index in [4.69, 9.17) is 0 Å². The zero-order valence-corrected chi connectivity index (χ0v) is 8.75. The molecule has 1 aromatic rings. The predicted octanol–water partition coefficient (Wildman–Crippen LogP) is 3.19. The molecule has 1 aliphatic rings. The van der Waals surface area contributed by atoms with Crippen molar-refractivity contribution in [3.63, 3.8) is 0 Å². The summed E-state index contributed by atoms with van der Waals surface area (Å²) in [6.07, 6.45) is 5.32. The number of rotatable bonds is 2. The van der Waals surface area contributed by atoms with E-state index in [1.165, 1.54) is 12.5 Å². The van der Waals surface area contributed by atoms with E-state index < -0.39 is 0 Å². The number of halogens is 1. The first-order chi connectivity index (χ1) is 7.29. The lowest BCUT2D eigenvalue weighted by Gasteiger charge is -2.29. The molecule has 0 saturated carbocycles. The van der Waals surface area contributed by atoms with Gasteiger partial charge in [0.15, 0.2) is 0 Å². The summed E-state index contributed by atoms with van der Waals surface area (Å²) in [5.74, 6) is -0.157. The molecule has 1 N–H and O–H groups in total. The summed E-state index contributed by atoms with van der Waals surface area (Å²) in [6.45, 7) is 3.79. The summed E-state index contributed by atoms with van der Waals surface area (Å²) in [5.41, 5.74) is 1.04. The van der Waals surface area contributed by atoms with E-state index in [2.05, 4.69) is 11.9 Å². The molecule has 0 spiro atoms. The van der Waals surface area contributed by atoms with Crippen molar-refractivity contribution < 1.29 is 4.39 Å². The van der Waals surface area contributed by atoms with E-state index in [1.54, 1.807) is 12.1 Å². The van der Waals surface area contributed by atoms with Gasteiger partial charge >= 0.3 is 0 Å². The Morgan fingerprint density at radius 3 is 3.00 bits per heavy atom. The van der Waals surface area contributed by atoms with Gasteiger partial charge in [-0.1, -0.05) is 18.2 Å². The lowest BCUT2D eigenvalue weighted by molar-refractivity contribution is 0.362. The molecular weight excluding hydrogens is 189 g/mol. The van der Waals surface area contributed by atoms with Crippen molar-refractivity contribution in [3.05, 3.63) is 48.3 Å². The molecule has 1 nitrogen and oxygen atoms in total. The Morgan fingerprint density at radius 1 is 1.40 bits per heavy atom. The molecule has 0 amide bonds. The van der Waals surface area contributed by atoms with Gasteiger partial charge in [0.1, 0.15) is 5.82 Å². The second-order valence-electron chi connectivity index (χ2n) is 4.05. The largest absolute Gasteiger partial charge is 0.304 e. The molecule has 0 radical (unpaired) electrons. The Hall–Kier alpha value is -1.15. The van der Waals surface area contributed by atoms with Gasteiger partial charge < -0.3 is 5.32 Å². The van der Waals surface area contributed by atoms with Crippen LogP contribution in [0.4, 0.5) is 4.39 Å². The molecule has 1 aliphatic heterocycles. The molecule has 15 heavy (non-hydrogen) atoms. The first-order valence-corrected chi connectivity index (χ1v) is 5.43. The molecule has 2 atom stereocenters. The minimum absolute atomic E-state index is 0.157. The molecule has 0 aromatic heterocycles. The van der Waals surface area contributed by atoms with E-state index in [9.17, 15) is 4.39 Å². The summed E-state index contributed by atoms with van der Waals surface area (Å²) in [6, 6.07) is 7.49. The quantitative estimate of drug-likeness (QED) is 0.731. The summed E-state index contributed by atoms with van der Waals surface area (Å²) in [5, 5.41) is 3.46. The average Bonchev–Trinajstić information content (AvgIpc) is 2.29. The monoisotopic (exact) mass is 205 g/mol. The van der Waals surface area contributed by atoms with Gasteiger partial charge in [-0.15, -0.1) is 6.58 Å². The second kappa shape index (κ2) is 4.58. The number of nitrogens with one attached hydrogen (secondary N) is 1. The summed E-state index contributed by atoms with van der Waals surface area (Å²) >= 11 is 0. The van der Waals surface area contributed by atoms with Crippen LogP contribution < -0.4 is 5.32 Å². The Morgan fingerprint density at radius 2 is 2.27 bits per heavy atom. The highest BCUT2D eigenvalue weighted by Crippen LogP contribution is 2.26. The van der Waals surface area contributed by atoms with Crippen LogP contribution in [-0.2, 0) is 0 Å². The first kappa shape index (κ1) is 10.4. The molecule has 0 unspecified atom stereocenters. The molecule has 2 heteroatoms. The maximum absolute atomic E-state index is 13.1. The van der Waals surface area contributed by atoms with Crippen LogP contribution >= 0.6 is 0 Å². The minimum atomic E-state index is -0.157. The highest BCUT2D eigenvalue weighted by atomic mass is 19.1. The van der Waals surface area contributed by atoms with Crippen LogP contribution in [0.3, 0.4) is 0 Å². The lowest BCUT2D eigenvalue weighted by Crippen LogP contribution is -2.35. The van der Waals surface area contributed by atoms with Gasteiger partial charge in [-0.25, -0.2) is 4.39 Å². The van der Waals surface area contributed by atoms with E-state index in [0.717, 1.165) is 18.4 Å². The topological polar surface area (TPSA) is 12.0 Å². The SMILES string of the molecule is C=C[C@@H]1CCC[C@H](c2cccc(F)c2)N1. The summed E-state index contributed by atoms with van der Waals surface area (Å²) in [4.78, 5) is 0.